The summed E-state index contributed by atoms with van der Waals surface area (Å²) in [6.07, 6.45) is 50.6. The van der Waals surface area contributed by atoms with Crippen LogP contribution in [0, 0.1) is 0 Å². The lowest BCUT2D eigenvalue weighted by molar-refractivity contribution is -0.131. The lowest BCUT2D eigenvalue weighted by Gasteiger charge is -2.29. The van der Waals surface area contributed by atoms with E-state index in [-0.39, 0.29) is 5.91 Å². The first-order valence-corrected chi connectivity index (χ1v) is 30.5. The summed E-state index contributed by atoms with van der Waals surface area (Å²) in [6, 6.07) is 0. The van der Waals surface area contributed by atoms with Gasteiger partial charge in [0.25, 0.3) is 0 Å². The summed E-state index contributed by atoms with van der Waals surface area (Å²) in [5, 5.41) is 6.60. The zero-order valence-corrected chi connectivity index (χ0v) is 47.1. The summed E-state index contributed by atoms with van der Waals surface area (Å²) in [5.41, 5.74) is 0. The predicted octanol–water partition coefficient (Wildman–Crippen LogP) is 15.5. The van der Waals surface area contributed by atoms with Crippen LogP contribution in [0.3, 0.4) is 0 Å². The van der Waals surface area contributed by atoms with Crippen LogP contribution in [0.25, 0.3) is 0 Å². The van der Waals surface area contributed by atoms with Gasteiger partial charge in [-0.3, -0.25) is 9.59 Å². The summed E-state index contributed by atoms with van der Waals surface area (Å²) in [6.45, 7) is 26.6. The van der Waals surface area contributed by atoms with Crippen LogP contribution in [0.4, 0.5) is 0 Å². The van der Waals surface area contributed by atoms with Crippen molar-refractivity contribution in [2.24, 2.45) is 0 Å². The van der Waals surface area contributed by atoms with Gasteiger partial charge in [0.15, 0.2) is 0 Å². The van der Waals surface area contributed by atoms with Gasteiger partial charge in [0, 0.05) is 58.7 Å². The number of allylic oxidation sites excluding steroid dienone is 1. The third kappa shape index (κ3) is 46.7. The van der Waals surface area contributed by atoms with Crippen LogP contribution in [-0.2, 0) is 9.59 Å². The van der Waals surface area contributed by atoms with Crippen LogP contribution in [0.15, 0.2) is 12.3 Å². The average Bonchev–Trinajstić information content (AvgIpc) is 3.34. The van der Waals surface area contributed by atoms with Crippen molar-refractivity contribution in [3.8, 4) is 0 Å². The minimum Gasteiger partial charge on any atom is -0.389 e. The molecule has 2 N–H and O–H groups in total. The Labute approximate surface area is 426 Å². The van der Waals surface area contributed by atoms with E-state index in [1.54, 1.807) is 0 Å². The molecule has 404 valence electrons. The van der Waals surface area contributed by atoms with Gasteiger partial charge in [-0.05, 0) is 103 Å². The van der Waals surface area contributed by atoms with Gasteiger partial charge in [0.2, 0.25) is 11.8 Å². The zero-order chi connectivity index (χ0) is 49.6. The number of amides is 2. The zero-order valence-electron chi connectivity index (χ0n) is 47.1. The first-order valence-electron chi connectivity index (χ1n) is 30.5. The fourth-order valence-electron chi connectivity index (χ4n) is 9.51. The Balaban J connectivity index is 5.65. The second-order valence-electron chi connectivity index (χ2n) is 20.8. The maximum Gasteiger partial charge on any atom is 0.223 e. The Morgan fingerprint density at radius 3 is 1.13 bits per heavy atom. The van der Waals surface area contributed by atoms with Gasteiger partial charge in [0.1, 0.15) is 0 Å². The Kier molecular flexibility index (Phi) is 53.4. The minimum atomic E-state index is 0.207. The summed E-state index contributed by atoms with van der Waals surface area (Å²) < 4.78 is 0. The molecular weight excluding hydrogens is 837 g/mol. The monoisotopic (exact) mass is 959 g/mol. The summed E-state index contributed by atoms with van der Waals surface area (Å²) in [7, 11) is 0. The molecule has 0 aliphatic rings. The third-order valence-electron chi connectivity index (χ3n) is 14.2. The molecule has 2 amide bonds. The molecular formula is C60H122N6O2. The third-order valence-corrected chi connectivity index (χ3v) is 14.2. The Morgan fingerprint density at radius 2 is 0.691 bits per heavy atom. The molecule has 8 heteroatoms. The highest BCUT2D eigenvalue weighted by atomic mass is 16.2. The molecule has 0 spiro atoms. The number of rotatable bonds is 56. The van der Waals surface area contributed by atoms with Gasteiger partial charge in [-0.25, -0.2) is 0 Å². The van der Waals surface area contributed by atoms with E-state index in [2.05, 4.69) is 84.1 Å². The van der Waals surface area contributed by atoms with Crippen molar-refractivity contribution in [2.45, 2.75) is 279 Å². The second kappa shape index (κ2) is 54.7. The molecule has 0 saturated carbocycles. The second-order valence-corrected chi connectivity index (χ2v) is 20.8. The molecule has 0 aromatic carbocycles. The SMILES string of the molecule is CCC=CNCCN(CCCCN(CCCCCCCCC)CCCC(=O)NCCCCC)C(=O)CCN(CCCCCCCCC)CCN(CCCCCCCCC)CCCCCCCCC. The highest BCUT2D eigenvalue weighted by Gasteiger charge is 2.17. The lowest BCUT2D eigenvalue weighted by Crippen LogP contribution is -2.41. The van der Waals surface area contributed by atoms with Crippen molar-refractivity contribution in [2.75, 3.05) is 85.1 Å². The Bertz CT molecular complexity index is 1040. The Morgan fingerprint density at radius 1 is 0.338 bits per heavy atom. The number of nitrogens with one attached hydrogen (secondary N) is 2. The molecule has 0 aromatic heterocycles. The molecule has 68 heavy (non-hydrogen) atoms. The van der Waals surface area contributed by atoms with Crippen LogP contribution in [0.2, 0.25) is 0 Å². The van der Waals surface area contributed by atoms with Crippen LogP contribution >= 0.6 is 0 Å². The molecule has 0 fully saturated rings. The topological polar surface area (TPSA) is 71.2 Å². The van der Waals surface area contributed by atoms with Gasteiger partial charge >= 0.3 is 0 Å². The number of hydrogen-bond acceptors (Lipinski definition) is 6. The van der Waals surface area contributed by atoms with Crippen molar-refractivity contribution >= 4 is 11.8 Å². The molecule has 0 aromatic rings. The standard InChI is InChI=1S/C60H122N6O2/c1-7-13-19-23-27-31-36-48-63(53-42-43-59(67)62-46-35-17-11-5)52-40-41-54-66(56-47-61-45-18-12-6)60(68)44-55-65(51-39-34-30-26-22-16-10-4)58-57-64(49-37-32-28-24-20-14-8-2)50-38-33-29-25-21-15-9-3/h18,45,61H,7-17,19-44,46-58H2,1-6H3,(H,62,67). The number of nitrogens with zero attached hydrogens (tertiary/aromatic N) is 4. The van der Waals surface area contributed by atoms with Gasteiger partial charge in [-0.15, -0.1) is 0 Å². The maximum absolute atomic E-state index is 14.2. The average molecular weight is 960 g/mol. The minimum absolute atomic E-state index is 0.207. The molecule has 0 rings (SSSR count). The first-order chi connectivity index (χ1) is 33.4. The van der Waals surface area contributed by atoms with E-state index in [9.17, 15) is 9.59 Å². The molecule has 0 bridgehead atoms. The highest BCUT2D eigenvalue weighted by molar-refractivity contribution is 5.76. The summed E-state index contributed by atoms with van der Waals surface area (Å²) >= 11 is 0. The fourth-order valence-corrected chi connectivity index (χ4v) is 9.51. The highest BCUT2D eigenvalue weighted by Crippen LogP contribution is 2.14. The molecule has 0 heterocycles. The van der Waals surface area contributed by atoms with Gasteiger partial charge in [0.05, 0.1) is 0 Å². The van der Waals surface area contributed by atoms with Crippen LogP contribution < -0.4 is 10.6 Å². The number of unbranched alkanes of at least 4 members (excludes halogenated alkanes) is 27. The quantitative estimate of drug-likeness (QED) is 0.0592. The predicted molar refractivity (Wildman–Crippen MR) is 301 cm³/mol. The lowest BCUT2D eigenvalue weighted by atomic mass is 10.1. The van der Waals surface area contributed by atoms with Crippen molar-refractivity contribution in [3.63, 3.8) is 0 Å². The summed E-state index contributed by atoms with van der Waals surface area (Å²) in [5.74, 6) is 0.530. The van der Waals surface area contributed by atoms with E-state index in [1.807, 2.05) is 0 Å². The largest absolute Gasteiger partial charge is 0.389 e. The number of carbonyl (C=O) groups is 2. The van der Waals surface area contributed by atoms with E-state index in [4.69, 9.17) is 0 Å². The van der Waals surface area contributed by atoms with Crippen molar-refractivity contribution in [3.05, 3.63) is 12.3 Å². The number of hydrogen-bond donors (Lipinski definition) is 2. The molecule has 0 saturated heterocycles. The van der Waals surface area contributed by atoms with Crippen LogP contribution in [0.1, 0.15) is 279 Å². The van der Waals surface area contributed by atoms with Crippen molar-refractivity contribution in [1.29, 1.82) is 0 Å². The molecule has 0 atom stereocenters. The molecule has 8 nitrogen and oxygen atoms in total. The van der Waals surface area contributed by atoms with Gasteiger partial charge in [-0.1, -0.05) is 215 Å². The van der Waals surface area contributed by atoms with E-state index in [0.717, 1.165) is 104 Å². The van der Waals surface area contributed by atoms with Crippen molar-refractivity contribution < 1.29 is 9.59 Å². The Hall–Kier alpha value is -1.64. The molecule has 0 aliphatic heterocycles. The molecule has 0 radical (unpaired) electrons. The molecule has 0 aliphatic carbocycles. The first kappa shape index (κ1) is 66.4. The van der Waals surface area contributed by atoms with Gasteiger partial charge in [-0.2, -0.15) is 0 Å². The number of carbonyl (C=O) groups excluding carboxylic acids is 2. The van der Waals surface area contributed by atoms with Crippen molar-refractivity contribution in [1.82, 2.24) is 30.2 Å². The maximum atomic E-state index is 14.2. The fraction of sp³-hybridized carbons (Fsp3) is 0.933. The van der Waals surface area contributed by atoms with E-state index in [1.165, 1.54) is 206 Å². The van der Waals surface area contributed by atoms with E-state index < -0.39 is 0 Å². The van der Waals surface area contributed by atoms with E-state index in [0.29, 0.717) is 18.7 Å². The van der Waals surface area contributed by atoms with Crippen LogP contribution in [0.5, 0.6) is 0 Å². The normalized spacial score (nSPS) is 11.8. The van der Waals surface area contributed by atoms with Crippen LogP contribution in [-0.4, -0.2) is 116 Å². The van der Waals surface area contributed by atoms with E-state index >= 15 is 0 Å². The smallest absolute Gasteiger partial charge is 0.223 e. The molecule has 0 unspecified atom stereocenters. The summed E-state index contributed by atoms with van der Waals surface area (Å²) in [4.78, 5) is 37.1. The van der Waals surface area contributed by atoms with Gasteiger partial charge < -0.3 is 30.2 Å².